The van der Waals surface area contributed by atoms with E-state index in [1.807, 2.05) is 0 Å². The predicted octanol–water partition coefficient (Wildman–Crippen LogP) is 3.42. The topological polar surface area (TPSA) is 42.9 Å². The summed E-state index contributed by atoms with van der Waals surface area (Å²) >= 11 is 3.19. The van der Waals surface area contributed by atoms with Gasteiger partial charge in [0.25, 0.3) is 0 Å². The lowest BCUT2D eigenvalue weighted by atomic mass is 10.0. The maximum atomic E-state index is 13.7. The third-order valence-electron chi connectivity index (χ3n) is 2.77. The van der Waals surface area contributed by atoms with Crippen molar-refractivity contribution in [3.05, 3.63) is 57.1 Å². The Hall–Kier alpha value is -1.62. The molecule has 3 nitrogen and oxygen atoms in total. The van der Waals surface area contributed by atoms with E-state index in [4.69, 9.17) is 0 Å². The highest BCUT2D eigenvalue weighted by molar-refractivity contribution is 9.10. The molecule has 5 heteroatoms. The zero-order chi connectivity index (χ0) is 14.0. The van der Waals surface area contributed by atoms with E-state index >= 15 is 0 Å². The Balaban J connectivity index is 2.28. The first kappa shape index (κ1) is 13.8. The van der Waals surface area contributed by atoms with Gasteiger partial charge in [0, 0.05) is 16.5 Å². The minimum Gasteiger partial charge on any atom is -0.294 e. The Morgan fingerprint density at radius 3 is 2.68 bits per heavy atom. The van der Waals surface area contributed by atoms with Gasteiger partial charge in [-0.25, -0.2) is 4.39 Å². The van der Waals surface area contributed by atoms with Gasteiger partial charge in [-0.05, 0) is 37.6 Å². The van der Waals surface area contributed by atoms with Crippen LogP contribution in [0.3, 0.4) is 0 Å². The lowest BCUT2D eigenvalue weighted by Gasteiger charge is -2.06. The Morgan fingerprint density at radius 1 is 1.26 bits per heavy atom. The normalized spacial score (nSPS) is 10.5. The second-order valence-electron chi connectivity index (χ2n) is 4.32. The summed E-state index contributed by atoms with van der Waals surface area (Å²) in [6, 6.07) is 6.36. The zero-order valence-corrected chi connectivity index (χ0v) is 12.2. The van der Waals surface area contributed by atoms with E-state index in [1.54, 1.807) is 32.0 Å². The Kier molecular flexibility index (Phi) is 4.04. The number of carbonyl (C=O) groups excluding carboxylic acids is 1. The molecule has 19 heavy (non-hydrogen) atoms. The summed E-state index contributed by atoms with van der Waals surface area (Å²) < 4.78 is 14.3. The largest absolute Gasteiger partial charge is 0.294 e. The third-order valence-corrected chi connectivity index (χ3v) is 3.26. The van der Waals surface area contributed by atoms with Crippen LogP contribution in [0.2, 0.25) is 0 Å². The van der Waals surface area contributed by atoms with Gasteiger partial charge >= 0.3 is 0 Å². The highest BCUT2D eigenvalue weighted by atomic mass is 79.9. The number of hydrogen-bond acceptors (Lipinski definition) is 3. The van der Waals surface area contributed by atoms with Crippen LogP contribution in [0.4, 0.5) is 4.39 Å². The number of hydrogen-bond donors (Lipinski definition) is 0. The zero-order valence-electron chi connectivity index (χ0n) is 10.6. The average molecular weight is 323 g/mol. The second kappa shape index (κ2) is 5.57. The molecular weight excluding hydrogens is 311 g/mol. The molecule has 98 valence electrons. The minimum absolute atomic E-state index is 0.0189. The van der Waals surface area contributed by atoms with Crippen molar-refractivity contribution in [3.8, 4) is 0 Å². The van der Waals surface area contributed by atoms with Crippen LogP contribution in [0.1, 0.15) is 27.3 Å². The second-order valence-corrected chi connectivity index (χ2v) is 5.24. The molecule has 0 aliphatic rings. The SMILES string of the molecule is Cc1cc(C(=O)Cc2ccc(Br)cc2F)c(C)nn1. The Bertz CT molecular complexity index is 643. The molecule has 0 N–H and O–H groups in total. The number of benzene rings is 1. The number of carbonyl (C=O) groups is 1. The lowest BCUT2D eigenvalue weighted by Crippen LogP contribution is -2.09. The third kappa shape index (κ3) is 3.23. The summed E-state index contributed by atoms with van der Waals surface area (Å²) in [6.07, 6.45) is 0.0189. The van der Waals surface area contributed by atoms with E-state index in [2.05, 4.69) is 26.1 Å². The molecule has 1 aromatic heterocycles. The van der Waals surface area contributed by atoms with Gasteiger partial charge in [-0.1, -0.05) is 22.0 Å². The molecule has 0 fully saturated rings. The number of aryl methyl sites for hydroxylation is 2. The number of rotatable bonds is 3. The monoisotopic (exact) mass is 322 g/mol. The van der Waals surface area contributed by atoms with Crippen molar-refractivity contribution in [2.45, 2.75) is 20.3 Å². The fourth-order valence-electron chi connectivity index (χ4n) is 1.77. The summed E-state index contributed by atoms with van der Waals surface area (Å²) in [4.78, 5) is 12.2. The first-order chi connectivity index (χ1) is 8.97. The van der Waals surface area contributed by atoms with Gasteiger partial charge in [-0.3, -0.25) is 4.79 Å². The van der Waals surface area contributed by atoms with Crippen molar-refractivity contribution in [1.82, 2.24) is 10.2 Å². The maximum Gasteiger partial charge on any atom is 0.169 e. The Morgan fingerprint density at radius 2 is 2.00 bits per heavy atom. The van der Waals surface area contributed by atoms with Gasteiger partial charge in [-0.15, -0.1) is 0 Å². The van der Waals surface area contributed by atoms with Crippen LogP contribution < -0.4 is 0 Å². The Labute approximate surface area is 119 Å². The number of Topliss-reactive ketones (excluding diaryl/α,β-unsaturated/α-hetero) is 1. The average Bonchev–Trinajstić information content (AvgIpc) is 2.35. The van der Waals surface area contributed by atoms with Crippen molar-refractivity contribution in [1.29, 1.82) is 0 Å². The van der Waals surface area contributed by atoms with Crippen LogP contribution in [-0.4, -0.2) is 16.0 Å². The quantitative estimate of drug-likeness (QED) is 0.813. The fourth-order valence-corrected chi connectivity index (χ4v) is 2.10. The van der Waals surface area contributed by atoms with Crippen LogP contribution in [-0.2, 0) is 6.42 Å². The molecule has 0 atom stereocenters. The smallest absolute Gasteiger partial charge is 0.169 e. The van der Waals surface area contributed by atoms with E-state index in [0.717, 1.165) is 0 Å². The summed E-state index contributed by atoms with van der Waals surface area (Å²) in [5.74, 6) is -0.546. The first-order valence-electron chi connectivity index (χ1n) is 5.75. The molecule has 0 saturated carbocycles. The van der Waals surface area contributed by atoms with E-state index in [0.29, 0.717) is 27.0 Å². The van der Waals surface area contributed by atoms with E-state index in [1.165, 1.54) is 6.07 Å². The van der Waals surface area contributed by atoms with Crippen molar-refractivity contribution in [3.63, 3.8) is 0 Å². The summed E-state index contributed by atoms with van der Waals surface area (Å²) in [7, 11) is 0. The van der Waals surface area contributed by atoms with Gasteiger partial charge < -0.3 is 0 Å². The fraction of sp³-hybridized carbons (Fsp3) is 0.214. The molecule has 2 rings (SSSR count). The summed E-state index contributed by atoms with van der Waals surface area (Å²) in [6.45, 7) is 3.49. The molecule has 0 aliphatic carbocycles. The highest BCUT2D eigenvalue weighted by Gasteiger charge is 2.14. The molecule has 1 aromatic carbocycles. The van der Waals surface area contributed by atoms with Gasteiger partial charge in [0.15, 0.2) is 5.78 Å². The standard InChI is InChI=1S/C14H12BrFN2O/c1-8-5-12(9(2)18-17-8)14(19)6-10-3-4-11(15)7-13(10)16/h3-5,7H,6H2,1-2H3. The van der Waals surface area contributed by atoms with Crippen LogP contribution in [0.25, 0.3) is 0 Å². The van der Waals surface area contributed by atoms with Crippen LogP contribution in [0.5, 0.6) is 0 Å². The molecule has 1 heterocycles. The maximum absolute atomic E-state index is 13.7. The number of halogens is 2. The lowest BCUT2D eigenvalue weighted by molar-refractivity contribution is 0.0990. The number of aromatic nitrogens is 2. The molecule has 0 spiro atoms. The predicted molar refractivity (Wildman–Crippen MR) is 73.6 cm³/mol. The van der Waals surface area contributed by atoms with Crippen LogP contribution >= 0.6 is 15.9 Å². The van der Waals surface area contributed by atoms with Crippen LogP contribution in [0.15, 0.2) is 28.7 Å². The highest BCUT2D eigenvalue weighted by Crippen LogP contribution is 2.18. The van der Waals surface area contributed by atoms with Crippen molar-refractivity contribution in [2.24, 2.45) is 0 Å². The summed E-state index contributed by atoms with van der Waals surface area (Å²) in [5.41, 5.74) is 2.11. The van der Waals surface area contributed by atoms with E-state index in [-0.39, 0.29) is 18.0 Å². The van der Waals surface area contributed by atoms with E-state index < -0.39 is 0 Å². The van der Waals surface area contributed by atoms with Crippen molar-refractivity contribution < 1.29 is 9.18 Å². The van der Waals surface area contributed by atoms with Gasteiger partial charge in [0.2, 0.25) is 0 Å². The van der Waals surface area contributed by atoms with Gasteiger partial charge in [-0.2, -0.15) is 10.2 Å². The van der Waals surface area contributed by atoms with Crippen molar-refractivity contribution in [2.75, 3.05) is 0 Å². The number of nitrogens with zero attached hydrogens (tertiary/aromatic N) is 2. The molecule has 0 unspecified atom stereocenters. The first-order valence-corrected chi connectivity index (χ1v) is 6.54. The molecule has 0 amide bonds. The molecule has 0 aliphatic heterocycles. The molecule has 0 bridgehead atoms. The van der Waals surface area contributed by atoms with Gasteiger partial charge in [0.05, 0.1) is 11.4 Å². The van der Waals surface area contributed by atoms with E-state index in [9.17, 15) is 9.18 Å². The molecule has 2 aromatic rings. The summed E-state index contributed by atoms with van der Waals surface area (Å²) in [5, 5.41) is 7.78. The molecule has 0 radical (unpaired) electrons. The van der Waals surface area contributed by atoms with Crippen LogP contribution in [0, 0.1) is 19.7 Å². The van der Waals surface area contributed by atoms with Crippen molar-refractivity contribution >= 4 is 21.7 Å². The number of ketones is 1. The van der Waals surface area contributed by atoms with Gasteiger partial charge in [0.1, 0.15) is 5.82 Å². The minimum atomic E-state index is -0.390. The molecular formula is C14H12BrFN2O. The molecule has 0 saturated heterocycles.